The average molecular weight is 416 g/mol. The van der Waals surface area contributed by atoms with Gasteiger partial charge in [0, 0.05) is 16.2 Å². The quantitative estimate of drug-likeness (QED) is 0.385. The van der Waals surface area contributed by atoms with Crippen molar-refractivity contribution in [1.82, 2.24) is 0 Å². The van der Waals surface area contributed by atoms with E-state index in [-0.39, 0.29) is 16.1 Å². The van der Waals surface area contributed by atoms with Crippen LogP contribution in [0.4, 0.5) is 5.69 Å². The van der Waals surface area contributed by atoms with Crippen LogP contribution >= 0.6 is 11.8 Å². The van der Waals surface area contributed by atoms with Gasteiger partial charge in [0.1, 0.15) is 0 Å². The molecular weight excluding hydrogens is 394 g/mol. The summed E-state index contributed by atoms with van der Waals surface area (Å²) in [6.45, 7) is 0. The Morgan fingerprint density at radius 3 is 2.18 bits per heavy atom. The SMILES string of the molecule is O=S(=O)(Nc1ccc(SCCc2ccccc2)cc1C(O)O)c1ccccc1. The maximum absolute atomic E-state index is 12.5. The van der Waals surface area contributed by atoms with Crippen LogP contribution in [-0.4, -0.2) is 24.4 Å². The molecule has 3 rings (SSSR count). The summed E-state index contributed by atoms with van der Waals surface area (Å²) in [5.41, 5.74) is 1.49. The molecule has 3 aromatic rings. The Kier molecular flexibility index (Phi) is 6.74. The van der Waals surface area contributed by atoms with Crippen LogP contribution in [0.5, 0.6) is 0 Å². The molecule has 146 valence electrons. The van der Waals surface area contributed by atoms with E-state index in [1.54, 1.807) is 48.2 Å². The number of thioether (sulfide) groups is 1. The predicted octanol–water partition coefficient (Wildman–Crippen LogP) is 3.81. The lowest BCUT2D eigenvalue weighted by Gasteiger charge is -2.15. The molecule has 0 bridgehead atoms. The van der Waals surface area contributed by atoms with E-state index in [2.05, 4.69) is 16.9 Å². The third-order valence-electron chi connectivity index (χ3n) is 4.10. The molecule has 0 amide bonds. The Morgan fingerprint density at radius 2 is 1.54 bits per heavy atom. The average Bonchev–Trinajstić information content (AvgIpc) is 2.70. The summed E-state index contributed by atoms with van der Waals surface area (Å²) in [5.74, 6) is 0.820. The normalized spacial score (nSPS) is 11.5. The number of hydrogen-bond donors (Lipinski definition) is 3. The fraction of sp³-hybridized carbons (Fsp3) is 0.143. The van der Waals surface area contributed by atoms with Gasteiger partial charge < -0.3 is 10.2 Å². The lowest BCUT2D eigenvalue weighted by molar-refractivity contribution is -0.0420. The number of aliphatic hydroxyl groups is 2. The van der Waals surface area contributed by atoms with Crippen LogP contribution in [0, 0.1) is 0 Å². The van der Waals surface area contributed by atoms with E-state index in [9.17, 15) is 18.6 Å². The van der Waals surface area contributed by atoms with Crippen LogP contribution in [0.25, 0.3) is 0 Å². The highest BCUT2D eigenvalue weighted by atomic mass is 32.2. The number of rotatable bonds is 8. The molecular formula is C21H21NO4S2. The second kappa shape index (κ2) is 9.25. The van der Waals surface area contributed by atoms with Gasteiger partial charge in [-0.2, -0.15) is 0 Å². The first-order valence-corrected chi connectivity index (χ1v) is 11.2. The van der Waals surface area contributed by atoms with Crippen molar-refractivity contribution in [2.45, 2.75) is 22.5 Å². The lowest BCUT2D eigenvalue weighted by atomic mass is 10.2. The molecule has 0 radical (unpaired) electrons. The van der Waals surface area contributed by atoms with Crippen molar-refractivity contribution in [3.63, 3.8) is 0 Å². The molecule has 0 aliphatic heterocycles. The van der Waals surface area contributed by atoms with E-state index in [0.29, 0.717) is 0 Å². The van der Waals surface area contributed by atoms with E-state index in [4.69, 9.17) is 0 Å². The number of aryl methyl sites for hydroxylation is 1. The highest BCUT2D eigenvalue weighted by Crippen LogP contribution is 2.30. The molecule has 0 spiro atoms. The summed E-state index contributed by atoms with van der Waals surface area (Å²) >= 11 is 1.57. The van der Waals surface area contributed by atoms with Gasteiger partial charge in [0.05, 0.1) is 10.6 Å². The second-order valence-electron chi connectivity index (χ2n) is 6.13. The van der Waals surface area contributed by atoms with Crippen molar-refractivity contribution < 1.29 is 18.6 Å². The molecule has 0 fully saturated rings. The van der Waals surface area contributed by atoms with Crippen molar-refractivity contribution in [3.8, 4) is 0 Å². The van der Waals surface area contributed by atoms with Crippen LogP contribution in [0.3, 0.4) is 0 Å². The molecule has 0 aliphatic carbocycles. The van der Waals surface area contributed by atoms with Gasteiger partial charge in [-0.1, -0.05) is 48.5 Å². The molecule has 7 heteroatoms. The summed E-state index contributed by atoms with van der Waals surface area (Å²) in [5, 5.41) is 19.4. The minimum absolute atomic E-state index is 0.106. The van der Waals surface area contributed by atoms with Crippen molar-refractivity contribution in [1.29, 1.82) is 0 Å². The van der Waals surface area contributed by atoms with Gasteiger partial charge in [-0.15, -0.1) is 11.8 Å². The van der Waals surface area contributed by atoms with Gasteiger partial charge in [-0.3, -0.25) is 4.72 Å². The van der Waals surface area contributed by atoms with Crippen molar-refractivity contribution in [2.24, 2.45) is 0 Å². The Morgan fingerprint density at radius 1 is 0.893 bits per heavy atom. The van der Waals surface area contributed by atoms with Gasteiger partial charge >= 0.3 is 0 Å². The fourth-order valence-corrected chi connectivity index (χ4v) is 4.73. The Bertz CT molecular complexity index is 1010. The molecule has 0 heterocycles. The van der Waals surface area contributed by atoms with Gasteiger partial charge in [0.2, 0.25) is 0 Å². The minimum atomic E-state index is -3.81. The molecule has 0 saturated heterocycles. The van der Waals surface area contributed by atoms with Gasteiger partial charge in [0.15, 0.2) is 6.29 Å². The molecule has 0 atom stereocenters. The first-order valence-electron chi connectivity index (χ1n) is 8.70. The zero-order chi connectivity index (χ0) is 20.0. The molecule has 0 unspecified atom stereocenters. The van der Waals surface area contributed by atoms with Crippen molar-refractivity contribution >= 4 is 27.5 Å². The number of nitrogens with one attached hydrogen (secondary N) is 1. The van der Waals surface area contributed by atoms with Crippen molar-refractivity contribution in [2.75, 3.05) is 10.5 Å². The van der Waals surface area contributed by atoms with E-state index < -0.39 is 16.3 Å². The molecule has 3 aromatic carbocycles. The molecule has 3 N–H and O–H groups in total. The monoisotopic (exact) mass is 415 g/mol. The number of benzene rings is 3. The number of sulfonamides is 1. The van der Waals surface area contributed by atoms with Crippen LogP contribution in [0.2, 0.25) is 0 Å². The van der Waals surface area contributed by atoms with Crippen LogP contribution < -0.4 is 4.72 Å². The summed E-state index contributed by atoms with van der Waals surface area (Å²) in [6.07, 6.45) is -0.909. The Hall–Kier alpha value is -2.32. The van der Waals surface area contributed by atoms with E-state index in [1.807, 2.05) is 18.2 Å². The first-order chi connectivity index (χ1) is 13.5. The maximum Gasteiger partial charge on any atom is 0.261 e. The van der Waals surface area contributed by atoms with E-state index in [1.165, 1.54) is 17.7 Å². The highest BCUT2D eigenvalue weighted by molar-refractivity contribution is 7.99. The summed E-state index contributed by atoms with van der Waals surface area (Å²) < 4.78 is 27.5. The number of aliphatic hydroxyl groups excluding tert-OH is 1. The fourth-order valence-electron chi connectivity index (χ4n) is 2.67. The Balaban J connectivity index is 1.74. The largest absolute Gasteiger partial charge is 0.364 e. The lowest BCUT2D eigenvalue weighted by Crippen LogP contribution is -2.15. The van der Waals surface area contributed by atoms with Crippen LogP contribution in [-0.2, 0) is 16.4 Å². The zero-order valence-electron chi connectivity index (χ0n) is 15.0. The zero-order valence-corrected chi connectivity index (χ0v) is 16.7. The van der Waals surface area contributed by atoms with E-state index >= 15 is 0 Å². The van der Waals surface area contributed by atoms with Gasteiger partial charge in [-0.25, -0.2) is 8.42 Å². The number of hydrogen-bond acceptors (Lipinski definition) is 5. The molecule has 5 nitrogen and oxygen atoms in total. The molecule has 0 aliphatic rings. The minimum Gasteiger partial charge on any atom is -0.364 e. The summed E-state index contributed by atoms with van der Waals surface area (Å²) in [7, 11) is -3.81. The maximum atomic E-state index is 12.5. The van der Waals surface area contributed by atoms with Crippen LogP contribution in [0.15, 0.2) is 88.7 Å². The van der Waals surface area contributed by atoms with Crippen LogP contribution in [0.1, 0.15) is 17.4 Å². The van der Waals surface area contributed by atoms with Crippen molar-refractivity contribution in [3.05, 3.63) is 90.0 Å². The first kappa shape index (κ1) is 20.4. The van der Waals surface area contributed by atoms with Gasteiger partial charge in [-0.05, 0) is 42.3 Å². The van der Waals surface area contributed by atoms with E-state index in [0.717, 1.165) is 17.1 Å². The predicted molar refractivity (Wildman–Crippen MR) is 112 cm³/mol. The topological polar surface area (TPSA) is 86.6 Å². The highest BCUT2D eigenvalue weighted by Gasteiger charge is 2.18. The third-order valence-corrected chi connectivity index (χ3v) is 6.48. The summed E-state index contributed by atoms with van der Waals surface area (Å²) in [6, 6.07) is 22.9. The molecule has 28 heavy (non-hydrogen) atoms. The molecule has 0 saturated carbocycles. The summed E-state index contributed by atoms with van der Waals surface area (Å²) in [4.78, 5) is 0.941. The smallest absolute Gasteiger partial charge is 0.261 e. The standard InChI is InChI=1S/C21H21NO4S2/c23-21(24)19-15-17(27-14-13-16-7-3-1-4-8-16)11-12-20(19)22-28(25,26)18-9-5-2-6-10-18/h1-12,15,21-24H,13-14H2. The molecule has 0 aromatic heterocycles. The number of anilines is 1. The third kappa shape index (κ3) is 5.36. The van der Waals surface area contributed by atoms with Gasteiger partial charge in [0.25, 0.3) is 10.0 Å². The second-order valence-corrected chi connectivity index (χ2v) is 8.98. The Labute approximate surface area is 169 Å².